The molecule has 0 radical (unpaired) electrons. The summed E-state index contributed by atoms with van der Waals surface area (Å²) in [4.78, 5) is 12.1. The monoisotopic (exact) mass is 379 g/mol. The quantitative estimate of drug-likeness (QED) is 0.533. The molecule has 1 amide bonds. The van der Waals surface area contributed by atoms with Gasteiger partial charge in [-0.05, 0) is 18.2 Å². The van der Waals surface area contributed by atoms with Crippen LogP contribution >= 0.6 is 0 Å². The average Bonchev–Trinajstić information content (AvgIpc) is 3.00. The number of halogens is 4. The molecule has 2 aromatic carbocycles. The van der Waals surface area contributed by atoms with E-state index in [1.165, 1.54) is 36.1 Å². The van der Waals surface area contributed by atoms with Gasteiger partial charge in [0.1, 0.15) is 12.4 Å². The van der Waals surface area contributed by atoms with Crippen LogP contribution in [-0.2, 0) is 13.7 Å². The van der Waals surface area contributed by atoms with Crippen LogP contribution < -0.4 is 10.1 Å². The summed E-state index contributed by atoms with van der Waals surface area (Å²) in [5.41, 5.74) is -0.0935. The smallest absolute Gasteiger partial charge is 0.406 e. The summed E-state index contributed by atoms with van der Waals surface area (Å²) >= 11 is 0. The highest BCUT2D eigenvalue weighted by molar-refractivity contribution is 5.92. The number of carbonyl (C=O) groups is 1. The van der Waals surface area contributed by atoms with Crippen molar-refractivity contribution in [2.45, 2.75) is 6.67 Å². The van der Waals surface area contributed by atoms with Crippen LogP contribution in [0.1, 0.15) is 5.69 Å². The number of amides is 1. The minimum absolute atomic E-state index is 0.0624. The standard InChI is InChI=1S/C18H13F4N3O2/c1-25-9-15(14(8-19)24-25)27-18(26)23-13-5-3-2-4-10(13)11-6-7-12(20)17(22)16(11)21/h2-7,9H,8H2,1H3,(H,23,26). The Hall–Kier alpha value is -3.36. The van der Waals surface area contributed by atoms with Gasteiger partial charge in [-0.3, -0.25) is 10.00 Å². The van der Waals surface area contributed by atoms with Crippen molar-refractivity contribution < 1.29 is 27.1 Å². The second kappa shape index (κ2) is 7.48. The number of para-hydroxylation sites is 1. The van der Waals surface area contributed by atoms with Crippen LogP contribution in [-0.4, -0.2) is 15.9 Å². The van der Waals surface area contributed by atoms with Crippen LogP contribution in [0.5, 0.6) is 5.75 Å². The number of ether oxygens (including phenoxy) is 1. The Morgan fingerprint density at radius 3 is 2.59 bits per heavy atom. The lowest BCUT2D eigenvalue weighted by Gasteiger charge is -2.12. The van der Waals surface area contributed by atoms with Crippen LogP contribution in [0.15, 0.2) is 42.6 Å². The predicted octanol–water partition coefficient (Wildman–Crippen LogP) is 4.58. The molecule has 27 heavy (non-hydrogen) atoms. The molecule has 9 heteroatoms. The maximum absolute atomic E-state index is 14.1. The summed E-state index contributed by atoms with van der Waals surface area (Å²) in [6, 6.07) is 7.77. The molecular formula is C18H13F4N3O2. The molecule has 5 nitrogen and oxygen atoms in total. The molecule has 0 spiro atoms. The molecule has 1 N–H and O–H groups in total. The second-order valence-electron chi connectivity index (χ2n) is 5.53. The van der Waals surface area contributed by atoms with Crippen LogP contribution in [0.2, 0.25) is 0 Å². The predicted molar refractivity (Wildman–Crippen MR) is 89.4 cm³/mol. The van der Waals surface area contributed by atoms with Gasteiger partial charge in [0.05, 0.1) is 11.9 Å². The highest BCUT2D eigenvalue weighted by atomic mass is 19.2. The number of rotatable bonds is 4. The van der Waals surface area contributed by atoms with Crippen molar-refractivity contribution >= 4 is 11.8 Å². The van der Waals surface area contributed by atoms with E-state index in [4.69, 9.17) is 4.74 Å². The summed E-state index contributed by atoms with van der Waals surface area (Å²) in [6.07, 6.45) is 0.336. The first kappa shape index (κ1) is 18.4. The summed E-state index contributed by atoms with van der Waals surface area (Å²) < 4.78 is 60.0. The first-order valence-corrected chi connectivity index (χ1v) is 7.71. The maximum Gasteiger partial charge on any atom is 0.417 e. The molecule has 0 fully saturated rings. The van der Waals surface area contributed by atoms with Gasteiger partial charge in [0, 0.05) is 18.2 Å². The zero-order chi connectivity index (χ0) is 19.6. The van der Waals surface area contributed by atoms with Crippen LogP contribution in [0, 0.1) is 17.5 Å². The van der Waals surface area contributed by atoms with Crippen molar-refractivity contribution in [2.24, 2.45) is 7.05 Å². The Balaban J connectivity index is 1.88. The number of aryl methyl sites for hydroxylation is 1. The highest BCUT2D eigenvalue weighted by Crippen LogP contribution is 2.32. The fourth-order valence-electron chi connectivity index (χ4n) is 2.49. The molecule has 0 saturated carbocycles. The number of carbonyl (C=O) groups excluding carboxylic acids is 1. The van der Waals surface area contributed by atoms with E-state index in [1.54, 1.807) is 6.07 Å². The van der Waals surface area contributed by atoms with E-state index in [1.807, 2.05) is 0 Å². The van der Waals surface area contributed by atoms with Gasteiger partial charge in [-0.1, -0.05) is 18.2 Å². The molecule has 3 rings (SSSR count). The minimum atomic E-state index is -1.62. The van der Waals surface area contributed by atoms with Crippen molar-refractivity contribution in [3.05, 3.63) is 65.7 Å². The fraction of sp³-hybridized carbons (Fsp3) is 0.111. The number of aromatic nitrogens is 2. The second-order valence-corrected chi connectivity index (χ2v) is 5.53. The molecule has 0 unspecified atom stereocenters. The van der Waals surface area contributed by atoms with E-state index >= 15 is 0 Å². The Kier molecular flexibility index (Phi) is 5.11. The third-order valence-electron chi connectivity index (χ3n) is 3.69. The van der Waals surface area contributed by atoms with Crippen molar-refractivity contribution in [1.82, 2.24) is 9.78 Å². The van der Waals surface area contributed by atoms with E-state index < -0.39 is 30.2 Å². The summed E-state index contributed by atoms with van der Waals surface area (Å²) in [7, 11) is 1.53. The first-order chi connectivity index (χ1) is 12.9. The van der Waals surface area contributed by atoms with Gasteiger partial charge < -0.3 is 4.74 Å². The molecule has 0 saturated heterocycles. The number of hydrogen-bond acceptors (Lipinski definition) is 3. The fourth-order valence-corrected chi connectivity index (χ4v) is 2.49. The van der Waals surface area contributed by atoms with Crippen molar-refractivity contribution in [1.29, 1.82) is 0 Å². The van der Waals surface area contributed by atoms with Crippen molar-refractivity contribution in [3.8, 4) is 16.9 Å². The Morgan fingerprint density at radius 2 is 1.85 bits per heavy atom. The van der Waals surface area contributed by atoms with Gasteiger partial charge in [-0.25, -0.2) is 22.4 Å². The van der Waals surface area contributed by atoms with Gasteiger partial charge in [-0.2, -0.15) is 5.10 Å². The Morgan fingerprint density at radius 1 is 1.11 bits per heavy atom. The topological polar surface area (TPSA) is 56.1 Å². The molecule has 140 valence electrons. The van der Waals surface area contributed by atoms with E-state index in [-0.39, 0.29) is 28.3 Å². The highest BCUT2D eigenvalue weighted by Gasteiger charge is 2.19. The number of anilines is 1. The van der Waals surface area contributed by atoms with Crippen LogP contribution in [0.3, 0.4) is 0 Å². The number of nitrogens with one attached hydrogen (secondary N) is 1. The minimum Gasteiger partial charge on any atom is -0.406 e. The number of hydrogen-bond donors (Lipinski definition) is 1. The van der Waals surface area contributed by atoms with Gasteiger partial charge in [0.25, 0.3) is 0 Å². The zero-order valence-corrected chi connectivity index (χ0v) is 14.0. The van der Waals surface area contributed by atoms with Gasteiger partial charge in [0.2, 0.25) is 0 Å². The third kappa shape index (κ3) is 3.76. The number of nitrogens with zero attached hydrogens (tertiary/aromatic N) is 2. The van der Waals surface area contributed by atoms with Crippen molar-refractivity contribution in [2.75, 3.05) is 5.32 Å². The van der Waals surface area contributed by atoms with E-state index in [9.17, 15) is 22.4 Å². The molecule has 3 aromatic rings. The summed E-state index contributed by atoms with van der Waals surface area (Å²) in [6.45, 7) is -0.930. The van der Waals surface area contributed by atoms with E-state index in [0.29, 0.717) is 0 Å². The van der Waals surface area contributed by atoms with Crippen LogP contribution in [0.4, 0.5) is 28.0 Å². The van der Waals surface area contributed by atoms with Crippen molar-refractivity contribution in [3.63, 3.8) is 0 Å². The maximum atomic E-state index is 14.1. The Bertz CT molecular complexity index is 1000. The molecule has 0 atom stereocenters. The lowest BCUT2D eigenvalue weighted by atomic mass is 10.0. The third-order valence-corrected chi connectivity index (χ3v) is 3.69. The average molecular weight is 379 g/mol. The SMILES string of the molecule is Cn1cc(OC(=O)Nc2ccccc2-c2ccc(F)c(F)c2F)c(CF)n1. The molecule has 0 aliphatic heterocycles. The lowest BCUT2D eigenvalue weighted by Crippen LogP contribution is -2.17. The molecular weight excluding hydrogens is 366 g/mol. The summed E-state index contributed by atoms with van der Waals surface area (Å²) in [5, 5.41) is 6.17. The number of benzene rings is 2. The first-order valence-electron chi connectivity index (χ1n) is 7.71. The number of alkyl halides is 1. The van der Waals surface area contributed by atoms with Gasteiger partial charge >= 0.3 is 6.09 Å². The Labute approximate surface area is 151 Å². The van der Waals surface area contributed by atoms with Crippen LogP contribution in [0.25, 0.3) is 11.1 Å². The zero-order valence-electron chi connectivity index (χ0n) is 14.0. The molecule has 0 bridgehead atoms. The molecule has 0 aliphatic rings. The summed E-state index contributed by atoms with van der Waals surface area (Å²) in [5.74, 6) is -4.40. The molecule has 1 aromatic heterocycles. The molecule has 1 heterocycles. The lowest BCUT2D eigenvalue weighted by molar-refractivity contribution is 0.214. The largest absolute Gasteiger partial charge is 0.417 e. The van der Waals surface area contributed by atoms with E-state index in [0.717, 1.165) is 12.1 Å². The molecule has 0 aliphatic carbocycles. The normalized spacial score (nSPS) is 10.7. The van der Waals surface area contributed by atoms with E-state index in [2.05, 4.69) is 10.4 Å². The van der Waals surface area contributed by atoms with Gasteiger partial charge in [-0.15, -0.1) is 0 Å². The van der Waals surface area contributed by atoms with Gasteiger partial charge in [0.15, 0.2) is 23.2 Å².